The predicted molar refractivity (Wildman–Crippen MR) is 30.6 cm³/mol. The number of ether oxygens (including phenoxy) is 1. The topological polar surface area (TPSA) is 29.5 Å². The van der Waals surface area contributed by atoms with Crippen LogP contribution < -0.4 is 0 Å². The van der Waals surface area contributed by atoms with E-state index in [9.17, 15) is 0 Å². The van der Waals surface area contributed by atoms with E-state index >= 15 is 0 Å². The van der Waals surface area contributed by atoms with Crippen LogP contribution >= 0.6 is 0 Å². The van der Waals surface area contributed by atoms with Crippen LogP contribution in [0.25, 0.3) is 0 Å². The zero-order valence-electron chi connectivity index (χ0n) is 4.87. The number of methoxy groups -OCH3 is 1. The highest BCUT2D eigenvalue weighted by Gasteiger charge is 2.14. The first kappa shape index (κ1) is 5.79. The number of rotatable bonds is 1. The van der Waals surface area contributed by atoms with E-state index in [1.165, 1.54) is 0 Å². The average molecular weight is 114 g/mol. The summed E-state index contributed by atoms with van der Waals surface area (Å²) in [5.41, 5.74) is 0. The molecule has 2 nitrogen and oxygen atoms in total. The zero-order chi connectivity index (χ0) is 5.98. The van der Waals surface area contributed by atoms with Gasteiger partial charge in [-0.2, -0.15) is 0 Å². The van der Waals surface area contributed by atoms with Crippen molar-refractivity contribution in [3.63, 3.8) is 0 Å². The summed E-state index contributed by atoms with van der Waals surface area (Å²) in [6.07, 6.45) is 4.22. The molecule has 0 saturated heterocycles. The lowest BCUT2D eigenvalue weighted by Gasteiger charge is -2.03. The Morgan fingerprint density at radius 3 is 2.62 bits per heavy atom. The van der Waals surface area contributed by atoms with Crippen molar-refractivity contribution in [2.75, 3.05) is 7.11 Å². The molecule has 0 aromatic carbocycles. The fraction of sp³-hybridized carbons (Fsp3) is 0.667. The number of hydrogen-bond acceptors (Lipinski definition) is 2. The molecule has 2 atom stereocenters. The van der Waals surface area contributed by atoms with E-state index in [1.54, 1.807) is 13.2 Å². The second kappa shape index (κ2) is 2.29. The van der Waals surface area contributed by atoms with E-state index < -0.39 is 0 Å². The third kappa shape index (κ3) is 1.08. The molecule has 0 saturated carbocycles. The Labute approximate surface area is 48.8 Å². The minimum Gasteiger partial charge on any atom is -0.389 e. The summed E-state index contributed by atoms with van der Waals surface area (Å²) in [5, 5.41) is 8.86. The first-order chi connectivity index (χ1) is 3.83. The summed E-state index contributed by atoms with van der Waals surface area (Å²) in [6, 6.07) is 0. The third-order valence-corrected chi connectivity index (χ3v) is 1.32. The smallest absolute Gasteiger partial charge is 0.0780 e. The molecule has 2 heteroatoms. The molecule has 0 unspecified atom stereocenters. The normalized spacial score (nSPS) is 36.2. The van der Waals surface area contributed by atoms with Gasteiger partial charge in [0.2, 0.25) is 0 Å². The van der Waals surface area contributed by atoms with Crippen LogP contribution in [0.15, 0.2) is 12.2 Å². The molecule has 0 radical (unpaired) electrons. The molecule has 8 heavy (non-hydrogen) atoms. The minimum absolute atomic E-state index is 0.144. The standard InChI is InChI=1S/C6H10O2/c1-8-6-3-2-5(7)4-6/h2-3,5-7H,4H2,1H3/t5-,6+/m0/s1. The Hall–Kier alpha value is -0.340. The lowest BCUT2D eigenvalue weighted by atomic mass is 10.3. The van der Waals surface area contributed by atoms with E-state index in [0.29, 0.717) is 0 Å². The molecule has 0 bridgehead atoms. The van der Waals surface area contributed by atoms with Crippen molar-refractivity contribution < 1.29 is 9.84 Å². The maximum Gasteiger partial charge on any atom is 0.0780 e. The van der Waals surface area contributed by atoms with E-state index in [-0.39, 0.29) is 12.2 Å². The van der Waals surface area contributed by atoms with Gasteiger partial charge >= 0.3 is 0 Å². The number of aliphatic hydroxyl groups is 1. The number of aliphatic hydroxyl groups excluding tert-OH is 1. The summed E-state index contributed by atoms with van der Waals surface area (Å²) >= 11 is 0. The van der Waals surface area contributed by atoms with Crippen LogP contribution in [0.1, 0.15) is 6.42 Å². The van der Waals surface area contributed by atoms with Gasteiger partial charge < -0.3 is 9.84 Å². The van der Waals surface area contributed by atoms with Crippen molar-refractivity contribution in [1.82, 2.24) is 0 Å². The van der Waals surface area contributed by atoms with Gasteiger partial charge in [-0.15, -0.1) is 0 Å². The second-order valence-corrected chi connectivity index (χ2v) is 1.96. The van der Waals surface area contributed by atoms with Gasteiger partial charge in [-0.1, -0.05) is 12.2 Å². The van der Waals surface area contributed by atoms with Gasteiger partial charge in [-0.3, -0.25) is 0 Å². The van der Waals surface area contributed by atoms with E-state index in [0.717, 1.165) is 6.42 Å². The van der Waals surface area contributed by atoms with Gasteiger partial charge in [-0.05, 0) is 0 Å². The quantitative estimate of drug-likeness (QED) is 0.497. The summed E-state index contributed by atoms with van der Waals surface area (Å²) in [4.78, 5) is 0. The van der Waals surface area contributed by atoms with Gasteiger partial charge in [0.1, 0.15) is 0 Å². The van der Waals surface area contributed by atoms with Crippen LogP contribution in [-0.2, 0) is 4.74 Å². The van der Waals surface area contributed by atoms with Gasteiger partial charge in [0, 0.05) is 13.5 Å². The lowest BCUT2D eigenvalue weighted by molar-refractivity contribution is 0.106. The molecule has 1 N–H and O–H groups in total. The summed E-state index contributed by atoms with van der Waals surface area (Å²) in [6.45, 7) is 0. The van der Waals surface area contributed by atoms with Crippen molar-refractivity contribution in [3.8, 4) is 0 Å². The fourth-order valence-electron chi connectivity index (χ4n) is 0.822. The Morgan fingerprint density at radius 1 is 1.62 bits per heavy atom. The first-order valence-electron chi connectivity index (χ1n) is 2.72. The fourth-order valence-corrected chi connectivity index (χ4v) is 0.822. The molecule has 0 amide bonds. The van der Waals surface area contributed by atoms with Crippen LogP contribution in [0.5, 0.6) is 0 Å². The Balaban J connectivity index is 2.34. The minimum atomic E-state index is -0.278. The van der Waals surface area contributed by atoms with Gasteiger partial charge in [0.05, 0.1) is 12.2 Å². The largest absolute Gasteiger partial charge is 0.389 e. The number of hydrogen-bond donors (Lipinski definition) is 1. The molecule has 0 aliphatic heterocycles. The van der Waals surface area contributed by atoms with Crippen LogP contribution in [0.4, 0.5) is 0 Å². The predicted octanol–water partition coefficient (Wildman–Crippen LogP) is 0.322. The van der Waals surface area contributed by atoms with Crippen molar-refractivity contribution in [3.05, 3.63) is 12.2 Å². The van der Waals surface area contributed by atoms with Crippen molar-refractivity contribution in [2.45, 2.75) is 18.6 Å². The average Bonchev–Trinajstić information content (AvgIpc) is 2.14. The molecule has 1 rings (SSSR count). The van der Waals surface area contributed by atoms with Gasteiger partial charge in [0.25, 0.3) is 0 Å². The van der Waals surface area contributed by atoms with Crippen LogP contribution in [0.2, 0.25) is 0 Å². The van der Waals surface area contributed by atoms with Crippen molar-refractivity contribution >= 4 is 0 Å². The maximum atomic E-state index is 8.86. The molecule has 46 valence electrons. The van der Waals surface area contributed by atoms with Gasteiger partial charge in [-0.25, -0.2) is 0 Å². The molecule has 1 aliphatic carbocycles. The van der Waals surface area contributed by atoms with E-state index in [2.05, 4.69) is 0 Å². The Morgan fingerprint density at radius 2 is 2.38 bits per heavy atom. The molecule has 0 aromatic rings. The van der Waals surface area contributed by atoms with Crippen LogP contribution in [0.3, 0.4) is 0 Å². The highest BCUT2D eigenvalue weighted by molar-refractivity contribution is 5.03. The molecule has 1 aliphatic rings. The summed E-state index contributed by atoms with van der Waals surface area (Å²) < 4.78 is 4.93. The summed E-state index contributed by atoms with van der Waals surface area (Å²) in [7, 11) is 1.65. The SMILES string of the molecule is CO[C@@H]1C=C[C@H](O)C1. The Kier molecular flexibility index (Phi) is 1.65. The molecule has 0 aromatic heterocycles. The molecule has 0 fully saturated rings. The first-order valence-corrected chi connectivity index (χ1v) is 2.72. The molecular formula is C6H10O2. The molecular weight excluding hydrogens is 104 g/mol. The van der Waals surface area contributed by atoms with E-state index in [1.807, 2.05) is 6.08 Å². The lowest BCUT2D eigenvalue weighted by Crippen LogP contribution is -2.07. The molecule has 0 spiro atoms. The second-order valence-electron chi connectivity index (χ2n) is 1.96. The Bertz CT molecular complexity index is 98.7. The third-order valence-electron chi connectivity index (χ3n) is 1.32. The monoisotopic (exact) mass is 114 g/mol. The molecule has 0 heterocycles. The van der Waals surface area contributed by atoms with Crippen molar-refractivity contribution in [1.29, 1.82) is 0 Å². The van der Waals surface area contributed by atoms with Gasteiger partial charge in [0.15, 0.2) is 0 Å². The summed E-state index contributed by atoms with van der Waals surface area (Å²) in [5.74, 6) is 0. The zero-order valence-corrected chi connectivity index (χ0v) is 4.87. The van der Waals surface area contributed by atoms with Crippen molar-refractivity contribution in [2.24, 2.45) is 0 Å². The van der Waals surface area contributed by atoms with Crippen LogP contribution in [0, 0.1) is 0 Å². The van der Waals surface area contributed by atoms with E-state index in [4.69, 9.17) is 9.84 Å². The van der Waals surface area contributed by atoms with Crippen LogP contribution in [-0.4, -0.2) is 24.4 Å². The highest BCUT2D eigenvalue weighted by atomic mass is 16.5. The maximum absolute atomic E-state index is 8.86. The highest BCUT2D eigenvalue weighted by Crippen LogP contribution is 2.11.